The lowest BCUT2D eigenvalue weighted by atomic mass is 10.1. The Kier molecular flexibility index (Phi) is 4.72. The highest BCUT2D eigenvalue weighted by Crippen LogP contribution is 1.96. The van der Waals surface area contributed by atoms with Gasteiger partial charge >= 0.3 is 6.03 Å². The smallest absolute Gasteiger partial charge is 0.314 e. The lowest BCUT2D eigenvalue weighted by Crippen LogP contribution is -2.35. The molecule has 3 heteroatoms. The van der Waals surface area contributed by atoms with Crippen LogP contribution in [-0.4, -0.2) is 19.6 Å². The predicted octanol–water partition coefficient (Wildman–Crippen LogP) is 1.45. The van der Waals surface area contributed by atoms with Crippen LogP contribution in [0.2, 0.25) is 0 Å². The largest absolute Gasteiger partial charge is 0.341 e. The Morgan fingerprint density at radius 2 is 2.30 bits per heavy atom. The second-order valence-corrected chi connectivity index (χ2v) is 2.47. The van der Waals surface area contributed by atoms with Gasteiger partial charge in [0.05, 0.1) is 0 Å². The molecule has 0 heterocycles. The molecular weight excluding hydrogens is 128 g/mol. The molecule has 0 aromatic rings. The SMILES string of the molecule is CCC(C)CNC(=O)NC.[HH].[HH]. The van der Waals surface area contributed by atoms with E-state index in [0.29, 0.717) is 5.92 Å². The van der Waals surface area contributed by atoms with Gasteiger partial charge in [-0.15, -0.1) is 0 Å². The summed E-state index contributed by atoms with van der Waals surface area (Å²) in [5.74, 6) is 0.567. The first-order valence-electron chi connectivity index (χ1n) is 3.66. The molecule has 0 spiro atoms. The van der Waals surface area contributed by atoms with Crippen molar-refractivity contribution in [3.8, 4) is 0 Å². The fourth-order valence-electron chi connectivity index (χ4n) is 0.500. The van der Waals surface area contributed by atoms with Crippen LogP contribution in [0.5, 0.6) is 0 Å². The Labute approximate surface area is 65.2 Å². The Balaban J connectivity index is -0.000000405. The molecule has 3 nitrogen and oxygen atoms in total. The molecule has 0 saturated carbocycles. The van der Waals surface area contributed by atoms with Crippen LogP contribution in [0.15, 0.2) is 0 Å². The van der Waals surface area contributed by atoms with E-state index in [-0.39, 0.29) is 8.88 Å². The lowest BCUT2D eigenvalue weighted by molar-refractivity contribution is 0.241. The molecule has 1 unspecified atom stereocenters. The molecule has 0 radical (unpaired) electrons. The molecule has 64 valence electrons. The van der Waals surface area contributed by atoms with Crippen molar-refractivity contribution in [3.05, 3.63) is 0 Å². The molecule has 1 atom stereocenters. The van der Waals surface area contributed by atoms with E-state index >= 15 is 0 Å². The molecule has 0 bridgehead atoms. The highest BCUT2D eigenvalue weighted by atomic mass is 16.2. The molecule has 2 amide bonds. The normalized spacial score (nSPS) is 12.3. The molecule has 0 saturated heterocycles. The number of rotatable bonds is 3. The van der Waals surface area contributed by atoms with Gasteiger partial charge in [0.2, 0.25) is 0 Å². The maximum atomic E-state index is 10.6. The minimum absolute atomic E-state index is 0. The van der Waals surface area contributed by atoms with Crippen molar-refractivity contribution in [2.45, 2.75) is 20.3 Å². The molecule has 0 fully saturated rings. The van der Waals surface area contributed by atoms with Gasteiger partial charge in [-0.1, -0.05) is 20.3 Å². The third kappa shape index (κ3) is 4.18. The highest BCUT2D eigenvalue weighted by molar-refractivity contribution is 5.73. The van der Waals surface area contributed by atoms with Crippen LogP contribution in [0, 0.1) is 5.92 Å². The summed E-state index contributed by atoms with van der Waals surface area (Å²) in [6, 6.07) is -0.0969. The van der Waals surface area contributed by atoms with Gasteiger partial charge in [-0.2, -0.15) is 0 Å². The second-order valence-electron chi connectivity index (χ2n) is 2.47. The molecule has 0 aliphatic rings. The predicted molar refractivity (Wildman–Crippen MR) is 46.1 cm³/mol. The maximum absolute atomic E-state index is 10.6. The Bertz CT molecular complexity index is 112. The van der Waals surface area contributed by atoms with Gasteiger partial charge in [-0.25, -0.2) is 4.79 Å². The van der Waals surface area contributed by atoms with Gasteiger partial charge in [0, 0.05) is 16.4 Å². The average molecular weight is 148 g/mol. The number of carbonyl (C=O) groups excluding carboxylic acids is 1. The van der Waals surface area contributed by atoms with Crippen molar-refractivity contribution in [1.29, 1.82) is 0 Å². The Hall–Kier alpha value is -0.730. The summed E-state index contributed by atoms with van der Waals surface area (Å²) >= 11 is 0. The van der Waals surface area contributed by atoms with E-state index in [2.05, 4.69) is 24.5 Å². The first kappa shape index (κ1) is 9.27. The molecule has 0 aliphatic heterocycles. The number of hydrogen-bond acceptors (Lipinski definition) is 1. The maximum Gasteiger partial charge on any atom is 0.314 e. The van der Waals surface area contributed by atoms with E-state index in [4.69, 9.17) is 0 Å². The number of amides is 2. The van der Waals surface area contributed by atoms with E-state index in [9.17, 15) is 4.79 Å². The van der Waals surface area contributed by atoms with Crippen molar-refractivity contribution >= 4 is 6.03 Å². The Morgan fingerprint density at radius 3 is 2.70 bits per heavy atom. The number of hydrogen-bond donors (Lipinski definition) is 2. The Morgan fingerprint density at radius 1 is 1.70 bits per heavy atom. The highest BCUT2D eigenvalue weighted by Gasteiger charge is 1.99. The fraction of sp³-hybridized carbons (Fsp3) is 0.857. The fourth-order valence-corrected chi connectivity index (χ4v) is 0.500. The van der Waals surface area contributed by atoms with Crippen molar-refractivity contribution in [2.75, 3.05) is 13.6 Å². The van der Waals surface area contributed by atoms with E-state index in [1.54, 1.807) is 7.05 Å². The third-order valence-electron chi connectivity index (χ3n) is 1.54. The zero-order valence-electron chi connectivity index (χ0n) is 6.90. The summed E-state index contributed by atoms with van der Waals surface area (Å²) in [4.78, 5) is 10.6. The summed E-state index contributed by atoms with van der Waals surface area (Å²) in [6.07, 6.45) is 1.10. The van der Waals surface area contributed by atoms with E-state index in [0.717, 1.165) is 13.0 Å². The van der Waals surface area contributed by atoms with Crippen LogP contribution in [0.3, 0.4) is 0 Å². The molecule has 2 N–H and O–H groups in total. The van der Waals surface area contributed by atoms with E-state index in [1.165, 1.54) is 0 Å². The summed E-state index contributed by atoms with van der Waals surface area (Å²) < 4.78 is 0. The van der Waals surface area contributed by atoms with Gasteiger partial charge in [0.25, 0.3) is 0 Å². The molecule has 0 aliphatic carbocycles. The summed E-state index contributed by atoms with van der Waals surface area (Å²) in [6.45, 7) is 4.97. The minimum Gasteiger partial charge on any atom is -0.341 e. The van der Waals surface area contributed by atoms with Crippen LogP contribution in [0.1, 0.15) is 23.1 Å². The first-order chi connectivity index (χ1) is 4.70. The van der Waals surface area contributed by atoms with Gasteiger partial charge < -0.3 is 10.6 Å². The summed E-state index contributed by atoms with van der Waals surface area (Å²) in [7, 11) is 1.62. The second kappa shape index (κ2) is 5.09. The summed E-state index contributed by atoms with van der Waals surface area (Å²) in [5, 5.41) is 5.23. The topological polar surface area (TPSA) is 41.1 Å². The zero-order chi connectivity index (χ0) is 7.98. The van der Waals surface area contributed by atoms with Crippen LogP contribution in [0.4, 0.5) is 4.79 Å². The van der Waals surface area contributed by atoms with Crippen molar-refractivity contribution < 1.29 is 7.65 Å². The summed E-state index contributed by atoms with van der Waals surface area (Å²) in [5.41, 5.74) is 0. The number of nitrogens with one attached hydrogen (secondary N) is 2. The van der Waals surface area contributed by atoms with Gasteiger partial charge in [0.15, 0.2) is 0 Å². The number of urea groups is 1. The molecule has 10 heavy (non-hydrogen) atoms. The van der Waals surface area contributed by atoms with Crippen LogP contribution in [0.25, 0.3) is 0 Å². The zero-order valence-corrected chi connectivity index (χ0v) is 6.90. The molecule has 0 aromatic carbocycles. The number of carbonyl (C=O) groups is 1. The van der Waals surface area contributed by atoms with Gasteiger partial charge in [-0.05, 0) is 5.92 Å². The monoisotopic (exact) mass is 148 g/mol. The van der Waals surface area contributed by atoms with E-state index < -0.39 is 0 Å². The van der Waals surface area contributed by atoms with Gasteiger partial charge in [0.1, 0.15) is 0 Å². The van der Waals surface area contributed by atoms with Crippen molar-refractivity contribution in [2.24, 2.45) is 5.92 Å². The van der Waals surface area contributed by atoms with Gasteiger partial charge in [-0.3, -0.25) is 0 Å². The molecular formula is C7H20N2O. The lowest BCUT2D eigenvalue weighted by Gasteiger charge is -2.08. The first-order valence-corrected chi connectivity index (χ1v) is 3.66. The third-order valence-corrected chi connectivity index (χ3v) is 1.54. The van der Waals surface area contributed by atoms with Crippen molar-refractivity contribution in [1.82, 2.24) is 10.6 Å². The van der Waals surface area contributed by atoms with Crippen LogP contribution >= 0.6 is 0 Å². The molecule has 0 rings (SSSR count). The van der Waals surface area contributed by atoms with E-state index in [1.807, 2.05) is 0 Å². The average Bonchev–Trinajstić information content (AvgIpc) is 1.99. The van der Waals surface area contributed by atoms with Crippen LogP contribution < -0.4 is 10.6 Å². The van der Waals surface area contributed by atoms with Crippen LogP contribution in [-0.2, 0) is 0 Å². The van der Waals surface area contributed by atoms with Crippen molar-refractivity contribution in [3.63, 3.8) is 0 Å². The quantitative estimate of drug-likeness (QED) is 0.625. The standard InChI is InChI=1S/C7H16N2O.2H2/c1-4-6(2)5-9-7(10)8-3;;/h6H,4-5H2,1-3H3,(H2,8,9,10);2*1H. The molecule has 0 aromatic heterocycles. The minimum atomic E-state index is -0.0969.